The zero-order valence-corrected chi connectivity index (χ0v) is 14.7. The quantitative estimate of drug-likeness (QED) is 0.623. The van der Waals surface area contributed by atoms with Gasteiger partial charge < -0.3 is 25.7 Å². The predicted octanol–water partition coefficient (Wildman–Crippen LogP) is 2.74. The number of amides is 3. The number of benzene rings is 2. The summed E-state index contributed by atoms with van der Waals surface area (Å²) in [5, 5.41) is 5.24. The fourth-order valence-electron chi connectivity index (χ4n) is 2.37. The van der Waals surface area contributed by atoms with Crippen LogP contribution in [0.2, 0.25) is 0 Å². The van der Waals surface area contributed by atoms with Crippen molar-refractivity contribution in [2.24, 2.45) is 12.8 Å². The minimum atomic E-state index is -0.642. The number of nitrogens with one attached hydrogen (secondary N) is 2. The van der Waals surface area contributed by atoms with Crippen molar-refractivity contribution in [1.82, 2.24) is 9.55 Å². The predicted molar refractivity (Wildman–Crippen MR) is 102 cm³/mol. The number of carbonyl (C=O) groups is 2. The number of rotatable bonds is 6. The molecule has 0 radical (unpaired) electrons. The highest BCUT2D eigenvalue weighted by molar-refractivity contribution is 6.04. The minimum absolute atomic E-state index is 0.249. The molecule has 0 fully saturated rings. The summed E-state index contributed by atoms with van der Waals surface area (Å²) in [5.41, 5.74) is 6.70. The Kier molecular flexibility index (Phi) is 5.36. The molecule has 0 unspecified atom stereocenters. The summed E-state index contributed by atoms with van der Waals surface area (Å²) >= 11 is 0. The van der Waals surface area contributed by atoms with Crippen LogP contribution in [0.5, 0.6) is 5.75 Å². The molecule has 4 N–H and O–H groups in total. The van der Waals surface area contributed by atoms with Gasteiger partial charge in [0, 0.05) is 36.4 Å². The van der Waals surface area contributed by atoms with Crippen molar-refractivity contribution in [2.75, 3.05) is 10.6 Å². The van der Waals surface area contributed by atoms with Gasteiger partial charge in [0.05, 0.1) is 0 Å². The van der Waals surface area contributed by atoms with Crippen molar-refractivity contribution >= 4 is 23.3 Å². The van der Waals surface area contributed by atoms with Crippen LogP contribution in [0.1, 0.15) is 16.2 Å². The van der Waals surface area contributed by atoms with Crippen LogP contribution in [-0.2, 0) is 13.7 Å². The molecule has 27 heavy (non-hydrogen) atoms. The van der Waals surface area contributed by atoms with E-state index in [0.717, 1.165) is 5.82 Å². The van der Waals surface area contributed by atoms with E-state index in [1.807, 2.05) is 17.8 Å². The molecule has 0 saturated carbocycles. The molecule has 1 aromatic heterocycles. The van der Waals surface area contributed by atoms with Gasteiger partial charge in [0.2, 0.25) is 0 Å². The molecule has 1 heterocycles. The molecule has 8 nitrogen and oxygen atoms in total. The Morgan fingerprint density at radius 3 is 2.22 bits per heavy atom. The second kappa shape index (κ2) is 8.05. The molecule has 8 heteroatoms. The van der Waals surface area contributed by atoms with Crippen molar-refractivity contribution in [2.45, 2.75) is 6.61 Å². The van der Waals surface area contributed by atoms with E-state index in [2.05, 4.69) is 15.6 Å². The van der Waals surface area contributed by atoms with Crippen molar-refractivity contribution in [3.63, 3.8) is 0 Å². The number of nitrogens with zero attached hydrogens (tertiary/aromatic N) is 2. The average Bonchev–Trinajstić information content (AvgIpc) is 3.06. The smallest absolute Gasteiger partial charge is 0.316 e. The molecular weight excluding hydrogens is 346 g/mol. The highest BCUT2D eigenvalue weighted by Gasteiger charge is 2.07. The molecule has 3 rings (SSSR count). The monoisotopic (exact) mass is 365 g/mol. The molecule has 0 aliphatic rings. The number of anilines is 2. The third-order valence-corrected chi connectivity index (χ3v) is 3.82. The highest BCUT2D eigenvalue weighted by atomic mass is 16.5. The fourth-order valence-corrected chi connectivity index (χ4v) is 2.37. The van der Waals surface area contributed by atoms with Crippen LogP contribution in [0.3, 0.4) is 0 Å². The van der Waals surface area contributed by atoms with E-state index in [4.69, 9.17) is 10.5 Å². The molecule has 3 aromatic rings. The van der Waals surface area contributed by atoms with Gasteiger partial charge in [-0.2, -0.15) is 0 Å². The van der Waals surface area contributed by atoms with Gasteiger partial charge in [-0.3, -0.25) is 4.79 Å². The van der Waals surface area contributed by atoms with E-state index >= 15 is 0 Å². The number of imidazole rings is 1. The van der Waals surface area contributed by atoms with Crippen LogP contribution in [0.4, 0.5) is 16.2 Å². The molecule has 0 spiro atoms. The fraction of sp³-hybridized carbons (Fsp3) is 0.105. The van der Waals surface area contributed by atoms with E-state index in [-0.39, 0.29) is 5.91 Å². The lowest BCUT2D eigenvalue weighted by molar-refractivity contribution is 0.102. The Labute approximate surface area is 156 Å². The summed E-state index contributed by atoms with van der Waals surface area (Å²) in [6.45, 7) is 0.348. The second-order valence-electron chi connectivity index (χ2n) is 5.79. The lowest BCUT2D eigenvalue weighted by Gasteiger charge is -2.09. The SMILES string of the molecule is Cn1ccnc1COc1ccc(C(=O)Nc2ccc(NC(N)=O)cc2)cc1. The maximum Gasteiger partial charge on any atom is 0.316 e. The van der Waals surface area contributed by atoms with Gasteiger partial charge in [0.1, 0.15) is 18.2 Å². The summed E-state index contributed by atoms with van der Waals surface area (Å²) in [6.07, 6.45) is 3.56. The van der Waals surface area contributed by atoms with Crippen LogP contribution in [0.15, 0.2) is 60.9 Å². The Morgan fingerprint density at radius 2 is 1.67 bits per heavy atom. The zero-order chi connectivity index (χ0) is 19.2. The first-order valence-electron chi connectivity index (χ1n) is 8.18. The van der Waals surface area contributed by atoms with Crippen molar-refractivity contribution < 1.29 is 14.3 Å². The number of urea groups is 1. The average molecular weight is 365 g/mol. The molecule has 0 bridgehead atoms. The van der Waals surface area contributed by atoms with Crippen LogP contribution in [0, 0.1) is 0 Å². The Bertz CT molecular complexity index is 933. The summed E-state index contributed by atoms with van der Waals surface area (Å²) < 4.78 is 7.55. The Balaban J connectivity index is 1.57. The van der Waals surface area contributed by atoms with Gasteiger partial charge in [0.15, 0.2) is 0 Å². The van der Waals surface area contributed by atoms with Gasteiger partial charge in [-0.25, -0.2) is 9.78 Å². The highest BCUT2D eigenvalue weighted by Crippen LogP contribution is 2.17. The number of nitrogens with two attached hydrogens (primary N) is 1. The Morgan fingerprint density at radius 1 is 1.04 bits per heavy atom. The molecule has 2 aromatic carbocycles. The molecule has 0 aliphatic carbocycles. The molecule has 0 atom stereocenters. The van der Waals surface area contributed by atoms with Crippen molar-refractivity contribution in [1.29, 1.82) is 0 Å². The van der Waals surface area contributed by atoms with E-state index in [9.17, 15) is 9.59 Å². The normalized spacial score (nSPS) is 10.3. The largest absolute Gasteiger partial charge is 0.486 e. The molecule has 138 valence electrons. The number of aromatic nitrogens is 2. The van der Waals surface area contributed by atoms with Crippen LogP contribution >= 0.6 is 0 Å². The number of primary amides is 1. The van der Waals surface area contributed by atoms with Gasteiger partial charge in [-0.15, -0.1) is 0 Å². The molecular formula is C19H19N5O3. The molecule has 3 amide bonds. The summed E-state index contributed by atoms with van der Waals surface area (Å²) in [4.78, 5) is 27.3. The third-order valence-electron chi connectivity index (χ3n) is 3.82. The lowest BCUT2D eigenvalue weighted by atomic mass is 10.2. The van der Waals surface area contributed by atoms with Gasteiger partial charge in [-0.05, 0) is 48.5 Å². The van der Waals surface area contributed by atoms with Gasteiger partial charge >= 0.3 is 6.03 Å². The van der Waals surface area contributed by atoms with Crippen LogP contribution in [0.25, 0.3) is 0 Å². The van der Waals surface area contributed by atoms with E-state index < -0.39 is 6.03 Å². The van der Waals surface area contributed by atoms with Crippen molar-refractivity contribution in [3.8, 4) is 5.75 Å². The summed E-state index contributed by atoms with van der Waals surface area (Å²) in [6, 6.07) is 12.8. The Hall–Kier alpha value is -3.81. The van der Waals surface area contributed by atoms with Crippen molar-refractivity contribution in [3.05, 3.63) is 72.3 Å². The van der Waals surface area contributed by atoms with Crippen LogP contribution < -0.4 is 21.1 Å². The first-order chi connectivity index (χ1) is 13.0. The number of ether oxygens (including phenoxy) is 1. The van der Waals surface area contributed by atoms with E-state index in [1.165, 1.54) is 0 Å². The number of aryl methyl sites for hydroxylation is 1. The van der Waals surface area contributed by atoms with Gasteiger partial charge in [-0.1, -0.05) is 0 Å². The number of carbonyl (C=O) groups excluding carboxylic acids is 2. The van der Waals surface area contributed by atoms with Gasteiger partial charge in [0.25, 0.3) is 5.91 Å². The summed E-state index contributed by atoms with van der Waals surface area (Å²) in [7, 11) is 1.90. The minimum Gasteiger partial charge on any atom is -0.486 e. The third kappa shape index (κ3) is 4.85. The zero-order valence-electron chi connectivity index (χ0n) is 14.7. The lowest BCUT2D eigenvalue weighted by Crippen LogP contribution is -2.19. The summed E-state index contributed by atoms with van der Waals surface area (Å²) in [5.74, 6) is 1.21. The first kappa shape index (κ1) is 18.0. The molecule has 0 aliphatic heterocycles. The second-order valence-corrected chi connectivity index (χ2v) is 5.79. The maximum atomic E-state index is 12.3. The number of hydrogen-bond donors (Lipinski definition) is 3. The number of hydrogen-bond acceptors (Lipinski definition) is 4. The van der Waals surface area contributed by atoms with E-state index in [1.54, 1.807) is 54.7 Å². The van der Waals surface area contributed by atoms with Crippen LogP contribution in [-0.4, -0.2) is 21.5 Å². The first-order valence-corrected chi connectivity index (χ1v) is 8.18. The maximum absolute atomic E-state index is 12.3. The molecule has 0 saturated heterocycles. The topological polar surface area (TPSA) is 111 Å². The van der Waals surface area contributed by atoms with E-state index in [0.29, 0.717) is 29.3 Å². The standard InChI is InChI=1S/C19H19N5O3/c1-24-11-10-21-17(24)12-27-16-8-2-13(3-9-16)18(25)22-14-4-6-15(7-5-14)23-19(20)26/h2-11H,12H2,1H3,(H,22,25)(H3,20,23,26).